The molecule has 2 atom stereocenters. The van der Waals surface area contributed by atoms with Gasteiger partial charge in [-0.25, -0.2) is 9.45 Å². The highest BCUT2D eigenvalue weighted by Gasteiger charge is 2.36. The molecule has 1 aliphatic rings. The minimum atomic E-state index is -3.96. The van der Waals surface area contributed by atoms with E-state index in [0.717, 1.165) is 24.2 Å². The van der Waals surface area contributed by atoms with Crippen LogP contribution < -0.4 is 0 Å². The Labute approximate surface area is 233 Å². The number of hydrogen-bond donors (Lipinski definition) is 0. The van der Waals surface area contributed by atoms with E-state index in [-0.39, 0.29) is 37.9 Å². The van der Waals surface area contributed by atoms with Gasteiger partial charge in [-0.15, -0.1) is 4.67 Å². The Morgan fingerprint density at radius 2 is 1.22 bits per heavy atom. The molecule has 0 saturated carbocycles. The molecule has 0 aromatic heterocycles. The summed E-state index contributed by atoms with van der Waals surface area (Å²) in [6, 6.07) is -0.563. The number of carbonyl (C=O) groups excluding carboxylic acids is 2. The smallest absolute Gasteiger partial charge is 0.284 e. The number of nitrogens with zero attached hydrogens (tertiary/aromatic N) is 1. The predicted octanol–water partition coefficient (Wildman–Crippen LogP) is 8.27. The van der Waals surface area contributed by atoms with E-state index in [1.54, 1.807) is 6.92 Å². The molecule has 0 bridgehead atoms. The summed E-state index contributed by atoms with van der Waals surface area (Å²) in [6.07, 6.45) is 21.0. The van der Waals surface area contributed by atoms with Crippen LogP contribution in [0.5, 0.6) is 0 Å². The number of carbonyl (C=O) groups is 2. The number of amides is 2. The number of imide groups is 1. The highest BCUT2D eigenvalue weighted by molar-refractivity contribution is 9.09. The van der Waals surface area contributed by atoms with E-state index >= 15 is 0 Å². The van der Waals surface area contributed by atoms with Crippen molar-refractivity contribution in [2.45, 2.75) is 135 Å². The van der Waals surface area contributed by atoms with Crippen LogP contribution in [0.25, 0.3) is 0 Å². The molecule has 1 rings (SSSR count). The van der Waals surface area contributed by atoms with E-state index in [9.17, 15) is 14.2 Å². The SMILES string of the molecule is CCCCCCCCCCCCCCCCCCOOP(=O)(OCCBr)OCC(C)N1C(=O)CCC1=O. The molecule has 2 unspecified atom stereocenters. The lowest BCUT2D eigenvalue weighted by Crippen LogP contribution is -2.40. The number of alkyl halides is 1. The lowest BCUT2D eigenvalue weighted by atomic mass is 10.0. The molecule has 0 aromatic carbocycles. The lowest BCUT2D eigenvalue weighted by Gasteiger charge is -2.24. The van der Waals surface area contributed by atoms with E-state index < -0.39 is 13.9 Å². The second-order valence-corrected chi connectivity index (χ2v) is 12.3. The maximum atomic E-state index is 12.8. The second kappa shape index (κ2) is 22.5. The molecule has 0 radical (unpaired) electrons. The first-order chi connectivity index (χ1) is 17.9. The van der Waals surface area contributed by atoms with Crippen molar-refractivity contribution in [1.29, 1.82) is 0 Å². The molecular formula is C27H51BrNO7P. The molecule has 1 heterocycles. The standard InChI is InChI=1S/C27H51BrNO7P/c1-3-4-5-6-7-8-9-10-11-12-13-14-15-16-17-18-22-33-36-37(32,34-23-21-28)35-24-25(2)29-26(30)19-20-27(29)31/h25H,3-24H2,1-2H3. The van der Waals surface area contributed by atoms with Gasteiger partial charge < -0.3 is 0 Å². The summed E-state index contributed by atoms with van der Waals surface area (Å²) in [5.41, 5.74) is 0. The summed E-state index contributed by atoms with van der Waals surface area (Å²) in [5, 5.41) is 0.446. The summed E-state index contributed by atoms with van der Waals surface area (Å²) >= 11 is 3.21. The third-order valence-electron chi connectivity index (χ3n) is 6.56. The van der Waals surface area contributed by atoms with Crippen molar-refractivity contribution in [3.05, 3.63) is 0 Å². The van der Waals surface area contributed by atoms with Crippen molar-refractivity contribution >= 4 is 35.6 Å². The zero-order valence-corrected chi connectivity index (χ0v) is 25.7. The summed E-state index contributed by atoms with van der Waals surface area (Å²) < 4.78 is 28.4. The number of unbranched alkanes of at least 4 members (excludes halogenated alkanes) is 15. The third kappa shape index (κ3) is 17.1. The van der Waals surface area contributed by atoms with Gasteiger partial charge in [0.1, 0.15) is 0 Å². The molecule has 0 aliphatic carbocycles. The van der Waals surface area contributed by atoms with E-state index in [4.69, 9.17) is 18.6 Å². The molecule has 2 amide bonds. The van der Waals surface area contributed by atoms with Gasteiger partial charge in [-0.05, 0) is 13.3 Å². The minimum Gasteiger partial charge on any atom is -0.284 e. The monoisotopic (exact) mass is 611 g/mol. The van der Waals surface area contributed by atoms with Crippen LogP contribution in [0.1, 0.15) is 129 Å². The van der Waals surface area contributed by atoms with Gasteiger partial charge in [0.2, 0.25) is 11.8 Å². The highest BCUT2D eigenvalue weighted by Crippen LogP contribution is 2.50. The highest BCUT2D eigenvalue weighted by atomic mass is 79.9. The molecule has 0 N–H and O–H groups in total. The molecule has 1 aliphatic heterocycles. The lowest BCUT2D eigenvalue weighted by molar-refractivity contribution is -0.227. The number of phosphoric ester groups is 1. The Kier molecular flexibility index (Phi) is 21.1. The van der Waals surface area contributed by atoms with Crippen molar-refractivity contribution < 1.29 is 32.8 Å². The summed E-state index contributed by atoms with van der Waals surface area (Å²) in [6.45, 7) is 4.17. The molecule has 8 nitrogen and oxygen atoms in total. The second-order valence-electron chi connectivity index (χ2n) is 9.97. The Bertz CT molecular complexity index is 636. The average molecular weight is 613 g/mol. The van der Waals surface area contributed by atoms with Crippen LogP contribution >= 0.6 is 23.8 Å². The van der Waals surface area contributed by atoms with Gasteiger partial charge in [0, 0.05) is 18.2 Å². The van der Waals surface area contributed by atoms with Crippen molar-refractivity contribution in [3.63, 3.8) is 0 Å². The van der Waals surface area contributed by atoms with E-state index in [1.165, 1.54) is 83.5 Å². The van der Waals surface area contributed by atoms with Gasteiger partial charge in [-0.2, -0.15) is 0 Å². The average Bonchev–Trinajstić information content (AvgIpc) is 3.23. The van der Waals surface area contributed by atoms with Crippen molar-refractivity contribution in [3.8, 4) is 0 Å². The molecule has 37 heavy (non-hydrogen) atoms. The van der Waals surface area contributed by atoms with Crippen LogP contribution in [0, 0.1) is 0 Å². The van der Waals surface area contributed by atoms with Crippen molar-refractivity contribution in [2.75, 3.05) is 25.2 Å². The molecule has 10 heteroatoms. The normalized spacial score (nSPS) is 16.5. The van der Waals surface area contributed by atoms with Gasteiger partial charge in [0.25, 0.3) is 0 Å². The first-order valence-electron chi connectivity index (χ1n) is 14.5. The largest absolute Gasteiger partial charge is 0.502 e. The van der Waals surface area contributed by atoms with Gasteiger partial charge in [-0.3, -0.25) is 23.5 Å². The molecule has 1 saturated heterocycles. The van der Waals surface area contributed by atoms with Crippen LogP contribution in [-0.4, -0.2) is 47.9 Å². The molecule has 0 aromatic rings. The third-order valence-corrected chi connectivity index (χ3v) is 8.13. The quantitative estimate of drug-likeness (QED) is 0.0243. The fourth-order valence-corrected chi connectivity index (χ4v) is 5.89. The topological polar surface area (TPSA) is 91.4 Å². The first kappa shape index (κ1) is 34.7. The van der Waals surface area contributed by atoms with E-state index in [1.807, 2.05) is 0 Å². The molecular weight excluding hydrogens is 561 g/mol. The Morgan fingerprint density at radius 1 is 0.757 bits per heavy atom. The Hall–Kier alpha value is -0.310. The van der Waals surface area contributed by atoms with Gasteiger partial charge >= 0.3 is 7.82 Å². The zero-order chi connectivity index (χ0) is 27.2. The maximum Gasteiger partial charge on any atom is 0.502 e. The number of phosphoric acid groups is 1. The fraction of sp³-hybridized carbons (Fsp3) is 0.926. The summed E-state index contributed by atoms with van der Waals surface area (Å²) in [4.78, 5) is 30.0. The first-order valence-corrected chi connectivity index (χ1v) is 17.1. The minimum absolute atomic E-state index is 0.107. The van der Waals surface area contributed by atoms with Crippen LogP contribution in [0.15, 0.2) is 0 Å². The number of likely N-dealkylation sites (tertiary alicyclic amines) is 1. The molecule has 1 fully saturated rings. The molecule has 0 spiro atoms. The van der Waals surface area contributed by atoms with Crippen LogP contribution in [0.4, 0.5) is 0 Å². The maximum absolute atomic E-state index is 12.8. The fourth-order valence-electron chi connectivity index (χ4n) is 4.40. The Balaban J connectivity index is 2.03. The summed E-state index contributed by atoms with van der Waals surface area (Å²) in [7, 11) is -3.96. The zero-order valence-electron chi connectivity index (χ0n) is 23.3. The van der Waals surface area contributed by atoms with Crippen molar-refractivity contribution in [2.24, 2.45) is 0 Å². The van der Waals surface area contributed by atoms with Gasteiger partial charge in [-0.1, -0.05) is 119 Å². The van der Waals surface area contributed by atoms with Gasteiger partial charge in [0.15, 0.2) is 0 Å². The van der Waals surface area contributed by atoms with Crippen LogP contribution in [0.3, 0.4) is 0 Å². The number of hydrogen-bond acceptors (Lipinski definition) is 7. The number of halogens is 1. The van der Waals surface area contributed by atoms with Crippen LogP contribution in [0.2, 0.25) is 0 Å². The van der Waals surface area contributed by atoms with E-state index in [0.29, 0.717) is 11.9 Å². The van der Waals surface area contributed by atoms with Crippen molar-refractivity contribution in [1.82, 2.24) is 4.90 Å². The summed E-state index contributed by atoms with van der Waals surface area (Å²) in [5.74, 6) is -0.504. The van der Waals surface area contributed by atoms with Crippen LogP contribution in [-0.2, 0) is 32.8 Å². The molecule has 218 valence electrons. The Morgan fingerprint density at radius 3 is 1.68 bits per heavy atom. The van der Waals surface area contributed by atoms with E-state index in [2.05, 4.69) is 22.9 Å². The number of rotatable bonds is 26. The predicted molar refractivity (Wildman–Crippen MR) is 150 cm³/mol. The van der Waals surface area contributed by atoms with Gasteiger partial charge in [0.05, 0.1) is 25.9 Å².